The van der Waals surface area contributed by atoms with E-state index in [1.807, 2.05) is 0 Å². The van der Waals surface area contributed by atoms with Gasteiger partial charge >= 0.3 is 12.1 Å². The Labute approximate surface area is 80.5 Å². The second kappa shape index (κ2) is 3.28. The first kappa shape index (κ1) is 11.6. The second-order valence-electron chi connectivity index (χ2n) is 2.76. The van der Waals surface area contributed by atoms with E-state index in [2.05, 4.69) is 4.98 Å². The molecule has 3 nitrogen and oxygen atoms in total. The Bertz CT molecular complexity index is 381. The van der Waals surface area contributed by atoms with Crippen LogP contribution in [-0.2, 0) is 7.05 Å². The number of rotatable bonds is 2. The van der Waals surface area contributed by atoms with Gasteiger partial charge in [0.2, 0.25) is 0 Å². The smallest absolute Gasteiger partial charge is 0.331 e. The van der Waals surface area contributed by atoms with E-state index in [1.54, 1.807) is 0 Å². The Kier molecular flexibility index (Phi) is 2.54. The summed E-state index contributed by atoms with van der Waals surface area (Å²) in [4.78, 5) is 14.0. The van der Waals surface area contributed by atoms with Crippen LogP contribution in [0, 0.1) is 0 Å². The number of Topliss-reactive ketones (excluding diaryl/α,β-unsaturated/α-hetero) is 1. The first-order chi connectivity index (χ1) is 6.68. The minimum absolute atomic E-state index is 0.794. The van der Waals surface area contributed by atoms with Crippen LogP contribution < -0.4 is 0 Å². The molecule has 1 heterocycles. The molecule has 0 aliphatic heterocycles. The van der Waals surface area contributed by atoms with Crippen LogP contribution >= 0.6 is 0 Å². The maximum absolute atomic E-state index is 12.5. The molecule has 0 N–H and O–H groups in total. The van der Waals surface area contributed by atoms with E-state index in [9.17, 15) is 26.7 Å². The van der Waals surface area contributed by atoms with Crippen molar-refractivity contribution < 1.29 is 26.7 Å². The van der Waals surface area contributed by atoms with E-state index in [4.69, 9.17) is 0 Å². The number of carbonyl (C=O) groups is 1. The van der Waals surface area contributed by atoms with Crippen molar-refractivity contribution in [3.63, 3.8) is 0 Å². The molecule has 0 saturated heterocycles. The van der Waals surface area contributed by atoms with Gasteiger partial charge in [-0.3, -0.25) is 4.79 Å². The highest BCUT2D eigenvalue weighted by Crippen LogP contribution is 2.37. The lowest BCUT2D eigenvalue weighted by molar-refractivity contribution is -0.256. The van der Waals surface area contributed by atoms with Gasteiger partial charge in [-0.1, -0.05) is 0 Å². The number of ketones is 1. The minimum atomic E-state index is -5.91. The fourth-order valence-corrected chi connectivity index (χ4v) is 0.854. The van der Waals surface area contributed by atoms with E-state index in [0.717, 1.165) is 24.0 Å². The van der Waals surface area contributed by atoms with Gasteiger partial charge in [0.15, 0.2) is 5.82 Å². The van der Waals surface area contributed by atoms with E-state index in [-0.39, 0.29) is 0 Å². The zero-order valence-electron chi connectivity index (χ0n) is 7.35. The Morgan fingerprint density at radius 3 is 2.20 bits per heavy atom. The first-order valence-corrected chi connectivity index (χ1v) is 3.64. The molecular weight excluding hydrogens is 223 g/mol. The maximum atomic E-state index is 12.5. The summed E-state index contributed by atoms with van der Waals surface area (Å²) in [6, 6.07) is 0. The van der Waals surface area contributed by atoms with Gasteiger partial charge < -0.3 is 4.57 Å². The van der Waals surface area contributed by atoms with Crippen molar-refractivity contribution in [3.8, 4) is 0 Å². The predicted octanol–water partition coefficient (Wildman–Crippen LogP) is 1.80. The van der Waals surface area contributed by atoms with Crippen LogP contribution in [0.5, 0.6) is 0 Å². The summed E-state index contributed by atoms with van der Waals surface area (Å²) >= 11 is 0. The molecule has 0 saturated carbocycles. The van der Waals surface area contributed by atoms with Crippen LogP contribution in [-0.4, -0.2) is 27.4 Å². The molecule has 8 heteroatoms. The highest BCUT2D eigenvalue weighted by atomic mass is 19.4. The average Bonchev–Trinajstić information content (AvgIpc) is 2.48. The standard InChI is InChI=1S/C7H5F5N2O/c1-14-3-2-13-5(14)4(15)6(8,9)7(10,11)12/h2-3H,1H3. The number of hydrogen-bond acceptors (Lipinski definition) is 2. The fourth-order valence-electron chi connectivity index (χ4n) is 0.854. The van der Waals surface area contributed by atoms with Crippen LogP contribution in [0.15, 0.2) is 12.4 Å². The number of imidazole rings is 1. The highest BCUT2D eigenvalue weighted by Gasteiger charge is 2.64. The number of halogens is 5. The van der Waals surface area contributed by atoms with Crippen molar-refractivity contribution in [2.75, 3.05) is 0 Å². The summed E-state index contributed by atoms with van der Waals surface area (Å²) in [5.41, 5.74) is 0. The molecule has 0 spiro atoms. The van der Waals surface area contributed by atoms with E-state index in [0.29, 0.717) is 0 Å². The summed E-state index contributed by atoms with van der Waals surface area (Å²) < 4.78 is 61.3. The lowest BCUT2D eigenvalue weighted by atomic mass is 10.2. The zero-order chi connectivity index (χ0) is 11.9. The maximum Gasteiger partial charge on any atom is 0.461 e. The molecule has 0 aromatic carbocycles. The van der Waals surface area contributed by atoms with Gasteiger partial charge in [-0.25, -0.2) is 4.98 Å². The molecule has 0 amide bonds. The molecule has 0 radical (unpaired) electrons. The molecular formula is C7H5F5N2O. The number of alkyl halides is 5. The summed E-state index contributed by atoms with van der Waals surface area (Å²) in [7, 11) is 1.15. The summed E-state index contributed by atoms with van der Waals surface area (Å²) in [5.74, 6) is -8.70. The normalized spacial score (nSPS) is 12.9. The van der Waals surface area contributed by atoms with Gasteiger partial charge in [-0.05, 0) is 0 Å². The third-order valence-electron chi connectivity index (χ3n) is 1.67. The molecule has 0 atom stereocenters. The van der Waals surface area contributed by atoms with Crippen LogP contribution in [0.3, 0.4) is 0 Å². The van der Waals surface area contributed by atoms with E-state index in [1.165, 1.54) is 0 Å². The Morgan fingerprint density at radius 2 is 1.87 bits per heavy atom. The second-order valence-corrected chi connectivity index (χ2v) is 2.76. The summed E-state index contributed by atoms with van der Waals surface area (Å²) in [6.07, 6.45) is -3.85. The van der Waals surface area contributed by atoms with Crippen molar-refractivity contribution >= 4 is 5.78 Å². The van der Waals surface area contributed by atoms with Crippen molar-refractivity contribution in [3.05, 3.63) is 18.2 Å². The van der Waals surface area contributed by atoms with Gasteiger partial charge in [-0.2, -0.15) is 22.0 Å². The lowest BCUT2D eigenvalue weighted by Gasteiger charge is -2.17. The molecule has 84 valence electrons. The lowest BCUT2D eigenvalue weighted by Crippen LogP contribution is -2.45. The van der Waals surface area contributed by atoms with Gasteiger partial charge in [0.05, 0.1) is 0 Å². The van der Waals surface area contributed by atoms with Gasteiger partial charge in [0.1, 0.15) is 0 Å². The molecule has 0 aliphatic carbocycles. The Balaban J connectivity index is 3.11. The topological polar surface area (TPSA) is 34.9 Å². The number of carbonyl (C=O) groups excluding carboxylic acids is 1. The van der Waals surface area contributed by atoms with Crippen molar-refractivity contribution in [1.82, 2.24) is 9.55 Å². The van der Waals surface area contributed by atoms with Crippen LogP contribution in [0.1, 0.15) is 10.6 Å². The number of aromatic nitrogens is 2. The first-order valence-electron chi connectivity index (χ1n) is 3.64. The number of hydrogen-bond donors (Lipinski definition) is 0. The third kappa shape index (κ3) is 1.83. The molecule has 0 aliphatic rings. The predicted molar refractivity (Wildman–Crippen MR) is 38.5 cm³/mol. The molecule has 0 fully saturated rings. The van der Waals surface area contributed by atoms with Crippen molar-refractivity contribution in [1.29, 1.82) is 0 Å². The molecule has 0 unspecified atom stereocenters. The number of nitrogens with zero attached hydrogens (tertiary/aromatic N) is 2. The highest BCUT2D eigenvalue weighted by molar-refractivity contribution is 5.99. The monoisotopic (exact) mass is 228 g/mol. The zero-order valence-corrected chi connectivity index (χ0v) is 7.35. The minimum Gasteiger partial charge on any atom is -0.331 e. The van der Waals surface area contributed by atoms with Gasteiger partial charge in [-0.15, -0.1) is 0 Å². The quantitative estimate of drug-likeness (QED) is 0.571. The third-order valence-corrected chi connectivity index (χ3v) is 1.67. The van der Waals surface area contributed by atoms with E-state index < -0.39 is 23.7 Å². The summed E-state index contributed by atoms with van der Waals surface area (Å²) in [6.45, 7) is 0. The number of aryl methyl sites for hydroxylation is 1. The van der Waals surface area contributed by atoms with E-state index >= 15 is 0 Å². The van der Waals surface area contributed by atoms with Crippen LogP contribution in [0.2, 0.25) is 0 Å². The van der Waals surface area contributed by atoms with Gasteiger partial charge in [0, 0.05) is 19.4 Å². The Hall–Kier alpha value is -1.47. The SMILES string of the molecule is Cn1ccnc1C(=O)C(F)(F)C(F)(F)F. The molecule has 0 bridgehead atoms. The van der Waals surface area contributed by atoms with Crippen molar-refractivity contribution in [2.45, 2.75) is 12.1 Å². The largest absolute Gasteiger partial charge is 0.461 e. The van der Waals surface area contributed by atoms with Crippen LogP contribution in [0.25, 0.3) is 0 Å². The van der Waals surface area contributed by atoms with Crippen LogP contribution in [0.4, 0.5) is 22.0 Å². The summed E-state index contributed by atoms with van der Waals surface area (Å²) in [5, 5.41) is 0. The van der Waals surface area contributed by atoms with Crippen molar-refractivity contribution in [2.24, 2.45) is 7.05 Å². The average molecular weight is 228 g/mol. The molecule has 15 heavy (non-hydrogen) atoms. The fraction of sp³-hybridized carbons (Fsp3) is 0.429. The molecule has 1 aromatic rings. The molecule has 1 aromatic heterocycles. The Morgan fingerprint density at radius 1 is 1.33 bits per heavy atom. The van der Waals surface area contributed by atoms with Gasteiger partial charge in [0.25, 0.3) is 5.78 Å². The molecule has 1 rings (SSSR count).